The molecule has 0 aliphatic rings. The van der Waals surface area contributed by atoms with Gasteiger partial charge in [-0.2, -0.15) is 47.4 Å². The third kappa shape index (κ3) is 8.33. The van der Waals surface area contributed by atoms with Gasteiger partial charge in [0.2, 0.25) is 0 Å². The van der Waals surface area contributed by atoms with Crippen molar-refractivity contribution in [3.63, 3.8) is 0 Å². The van der Waals surface area contributed by atoms with Crippen molar-refractivity contribution < 1.29 is 26.3 Å². The zero-order valence-corrected chi connectivity index (χ0v) is 36.5. The van der Waals surface area contributed by atoms with Crippen molar-refractivity contribution >= 4 is 21.8 Å². The lowest BCUT2D eigenvalue weighted by atomic mass is 9.88. The van der Waals surface area contributed by atoms with E-state index in [2.05, 4.69) is 24.3 Å². The largest absolute Gasteiger partial charge is 0.416 e. The molecule has 0 bridgehead atoms. The van der Waals surface area contributed by atoms with Crippen molar-refractivity contribution in [3.8, 4) is 97.5 Å². The molecule has 10 aromatic rings. The molecule has 71 heavy (non-hydrogen) atoms. The summed E-state index contributed by atoms with van der Waals surface area (Å²) in [6.45, 7) is 0. The minimum atomic E-state index is -5.08. The highest BCUT2D eigenvalue weighted by atomic mass is 19.4. The number of nitrogens with zero attached hydrogens (tertiary/aromatic N) is 8. The second-order valence-corrected chi connectivity index (χ2v) is 16.3. The molecule has 0 aliphatic heterocycles. The van der Waals surface area contributed by atoms with Crippen LogP contribution in [0.1, 0.15) is 33.4 Å². The van der Waals surface area contributed by atoms with Crippen molar-refractivity contribution in [1.82, 2.24) is 19.5 Å². The Hall–Kier alpha value is -9.89. The van der Waals surface area contributed by atoms with Gasteiger partial charge in [0, 0.05) is 49.7 Å². The molecular weight excluding hydrogens is 911 g/mol. The topological polar surface area (TPSA) is 139 Å². The standard InChI is InChI=1S/C57H28F6N8/c58-56(59,60)42-23-38(24-43(28-42)57(61,62)63)37-17-20-51-47(25-37)46-13-7-8-14-50(46)71(51)52-48(44-18-15-33(29-64)21-40(44)31-66)26-39(27-49(52)45-19-16-34(30-65)22-41(45)32-67)55-69-53(35-9-3-1-4-10-35)68-54(70-55)36-11-5-2-6-12-36/h1-28H. The average molecular weight is 939 g/mol. The van der Waals surface area contributed by atoms with Crippen molar-refractivity contribution in [1.29, 1.82) is 21.0 Å². The van der Waals surface area contributed by atoms with Gasteiger partial charge in [-0.05, 0) is 83.9 Å². The molecule has 8 aromatic carbocycles. The van der Waals surface area contributed by atoms with Crippen LogP contribution in [0.5, 0.6) is 0 Å². The Morgan fingerprint density at radius 1 is 0.366 bits per heavy atom. The summed E-state index contributed by atoms with van der Waals surface area (Å²) in [4.78, 5) is 14.8. The molecule has 0 aliphatic carbocycles. The molecule has 0 radical (unpaired) electrons. The fourth-order valence-corrected chi connectivity index (χ4v) is 8.75. The van der Waals surface area contributed by atoms with E-state index in [4.69, 9.17) is 15.0 Å². The Morgan fingerprint density at radius 3 is 1.31 bits per heavy atom. The predicted molar refractivity (Wildman–Crippen MR) is 256 cm³/mol. The van der Waals surface area contributed by atoms with E-state index in [-0.39, 0.29) is 45.3 Å². The van der Waals surface area contributed by atoms with E-state index < -0.39 is 23.5 Å². The molecule has 0 N–H and O–H groups in total. The SMILES string of the molecule is N#Cc1ccc(-c2cc(-c3nc(-c4ccccc4)nc(-c4ccccc4)n3)cc(-c3ccc(C#N)cc3C#N)c2-n2c3ccccc3c3cc(-c4cc(C(F)(F)F)cc(C(F)(F)F)c4)ccc32)c(C#N)c1. The van der Waals surface area contributed by atoms with Gasteiger partial charge in [0.25, 0.3) is 0 Å². The van der Waals surface area contributed by atoms with Crippen LogP contribution in [0.3, 0.4) is 0 Å². The number of benzene rings is 8. The zero-order valence-electron chi connectivity index (χ0n) is 36.5. The van der Waals surface area contributed by atoms with E-state index in [1.165, 1.54) is 24.3 Å². The van der Waals surface area contributed by atoms with Gasteiger partial charge in [0.05, 0.1) is 74.4 Å². The number of alkyl halides is 6. The number of hydrogen-bond acceptors (Lipinski definition) is 7. The van der Waals surface area contributed by atoms with Crippen LogP contribution in [0, 0.1) is 45.3 Å². The lowest BCUT2D eigenvalue weighted by molar-refractivity contribution is -0.143. The highest BCUT2D eigenvalue weighted by Gasteiger charge is 2.37. The third-order valence-electron chi connectivity index (χ3n) is 12.0. The molecule has 338 valence electrons. The van der Waals surface area contributed by atoms with E-state index in [1.807, 2.05) is 65.2 Å². The van der Waals surface area contributed by atoms with Gasteiger partial charge in [-0.3, -0.25) is 0 Å². The number of aromatic nitrogens is 4. The normalized spacial score (nSPS) is 11.5. The monoisotopic (exact) mass is 938 g/mol. The lowest BCUT2D eigenvalue weighted by Crippen LogP contribution is -2.11. The first-order valence-corrected chi connectivity index (χ1v) is 21.5. The molecule has 2 heterocycles. The minimum absolute atomic E-state index is 0.0730. The second-order valence-electron chi connectivity index (χ2n) is 16.3. The van der Waals surface area contributed by atoms with Gasteiger partial charge < -0.3 is 4.57 Å². The summed E-state index contributed by atoms with van der Waals surface area (Å²) in [6.07, 6.45) is -10.2. The molecule has 10 rings (SSSR count). The number of halogens is 6. The highest BCUT2D eigenvalue weighted by molar-refractivity contribution is 6.12. The maximum absolute atomic E-state index is 14.1. The van der Waals surface area contributed by atoms with E-state index in [0.29, 0.717) is 90.2 Å². The van der Waals surface area contributed by atoms with Gasteiger partial charge in [0.1, 0.15) is 0 Å². The summed E-state index contributed by atoms with van der Waals surface area (Å²) in [6, 6.07) is 53.1. The van der Waals surface area contributed by atoms with Crippen LogP contribution < -0.4 is 0 Å². The lowest BCUT2D eigenvalue weighted by Gasteiger charge is -2.22. The van der Waals surface area contributed by atoms with Crippen molar-refractivity contribution in [2.24, 2.45) is 0 Å². The Labute approximate surface area is 400 Å². The van der Waals surface area contributed by atoms with Crippen LogP contribution in [-0.2, 0) is 12.4 Å². The third-order valence-corrected chi connectivity index (χ3v) is 12.0. The molecule has 0 fully saturated rings. The average Bonchev–Trinajstić information content (AvgIpc) is 3.73. The maximum atomic E-state index is 14.1. The molecule has 0 amide bonds. The first kappa shape index (κ1) is 44.9. The fourth-order valence-electron chi connectivity index (χ4n) is 8.75. The molecule has 8 nitrogen and oxygen atoms in total. The van der Waals surface area contributed by atoms with Crippen molar-refractivity contribution in [2.75, 3.05) is 0 Å². The van der Waals surface area contributed by atoms with Crippen LogP contribution in [0.15, 0.2) is 170 Å². The van der Waals surface area contributed by atoms with Gasteiger partial charge in [-0.15, -0.1) is 0 Å². The molecule has 0 saturated carbocycles. The van der Waals surface area contributed by atoms with Crippen molar-refractivity contribution in [3.05, 3.63) is 203 Å². The van der Waals surface area contributed by atoms with E-state index in [1.54, 1.807) is 66.7 Å². The molecule has 0 atom stereocenters. The van der Waals surface area contributed by atoms with Gasteiger partial charge in [0.15, 0.2) is 17.5 Å². The summed E-state index contributed by atoms with van der Waals surface area (Å²) < 4.78 is 86.6. The van der Waals surface area contributed by atoms with Crippen LogP contribution >= 0.6 is 0 Å². The van der Waals surface area contributed by atoms with Gasteiger partial charge in [-0.25, -0.2) is 15.0 Å². The van der Waals surface area contributed by atoms with Crippen LogP contribution in [-0.4, -0.2) is 19.5 Å². The Balaban J connectivity index is 1.35. The van der Waals surface area contributed by atoms with E-state index in [9.17, 15) is 47.4 Å². The smallest absolute Gasteiger partial charge is 0.308 e. The zero-order chi connectivity index (χ0) is 49.6. The molecular formula is C57H28F6N8. The summed E-state index contributed by atoms with van der Waals surface area (Å²) in [5.74, 6) is 0.891. The summed E-state index contributed by atoms with van der Waals surface area (Å²) in [5, 5.41) is 42.4. The first-order valence-electron chi connectivity index (χ1n) is 21.5. The molecule has 14 heteroatoms. The van der Waals surface area contributed by atoms with Gasteiger partial charge in [-0.1, -0.05) is 97.1 Å². The van der Waals surface area contributed by atoms with Crippen LogP contribution in [0.2, 0.25) is 0 Å². The second kappa shape index (κ2) is 17.6. The summed E-state index contributed by atoms with van der Waals surface area (Å²) in [7, 11) is 0. The van der Waals surface area contributed by atoms with Crippen LogP contribution in [0.25, 0.3) is 95.0 Å². The predicted octanol–water partition coefficient (Wildman–Crippen LogP) is 14.5. The Kier molecular flexibility index (Phi) is 11.2. The van der Waals surface area contributed by atoms with E-state index >= 15 is 0 Å². The molecule has 0 spiro atoms. The minimum Gasteiger partial charge on any atom is -0.308 e. The number of rotatable bonds is 7. The number of hydrogen-bond donors (Lipinski definition) is 0. The number of fused-ring (bicyclic) bond motifs is 3. The first-order chi connectivity index (χ1) is 34.3. The number of nitriles is 4. The summed E-state index contributed by atoms with van der Waals surface area (Å²) in [5.41, 5.74) is 2.06. The summed E-state index contributed by atoms with van der Waals surface area (Å²) >= 11 is 0. The highest BCUT2D eigenvalue weighted by Crippen LogP contribution is 2.47. The van der Waals surface area contributed by atoms with Crippen LogP contribution in [0.4, 0.5) is 26.3 Å². The van der Waals surface area contributed by atoms with E-state index in [0.717, 1.165) is 0 Å². The Morgan fingerprint density at radius 2 is 0.831 bits per heavy atom. The molecule has 0 unspecified atom stereocenters. The Bertz CT molecular complexity index is 3780. The quantitative estimate of drug-likeness (QED) is 0.145. The fraction of sp³-hybridized carbons (Fsp3) is 0.0351. The maximum Gasteiger partial charge on any atom is 0.416 e. The van der Waals surface area contributed by atoms with Crippen molar-refractivity contribution in [2.45, 2.75) is 12.4 Å². The molecule has 0 saturated heterocycles. The number of para-hydroxylation sites is 1. The molecule has 2 aromatic heterocycles. The van der Waals surface area contributed by atoms with Gasteiger partial charge >= 0.3 is 12.4 Å².